The van der Waals surface area contributed by atoms with Gasteiger partial charge in [-0.25, -0.2) is 18.9 Å². The van der Waals surface area contributed by atoms with Crippen LogP contribution in [-0.2, 0) is 0 Å². The Kier molecular flexibility index (Phi) is 9.23. The normalized spacial score (nSPS) is 15.2. The van der Waals surface area contributed by atoms with Crippen LogP contribution in [-0.4, -0.2) is 51.2 Å². The third kappa shape index (κ3) is 7.39. The summed E-state index contributed by atoms with van der Waals surface area (Å²) in [5.41, 5.74) is 4.89. The molecule has 4 aromatic rings. The minimum Gasteiger partial charge on any atom is -0.406 e. The van der Waals surface area contributed by atoms with Gasteiger partial charge in [-0.1, -0.05) is 62.0 Å². The monoisotopic (exact) mass is 626 g/mol. The first kappa shape index (κ1) is 31.0. The maximum Gasteiger partial charge on any atom is 0.573 e. The molecule has 230 valence electrons. The van der Waals surface area contributed by atoms with Crippen LogP contribution in [0.5, 0.6) is 5.75 Å². The zero-order chi connectivity index (χ0) is 31.4. The van der Waals surface area contributed by atoms with E-state index in [-0.39, 0.29) is 12.3 Å². The summed E-state index contributed by atoms with van der Waals surface area (Å²) in [6.07, 6.45) is -4.82. The van der Waals surface area contributed by atoms with Crippen LogP contribution in [0.3, 0.4) is 0 Å². The highest BCUT2D eigenvalue weighted by molar-refractivity contribution is 8.14. The molecule has 0 aliphatic carbocycles. The molecule has 1 N–H and O–H groups in total. The van der Waals surface area contributed by atoms with Crippen molar-refractivity contribution in [2.75, 3.05) is 23.7 Å². The Bertz CT molecular complexity index is 1640. The summed E-state index contributed by atoms with van der Waals surface area (Å²) in [5.74, 6) is 1.11. The Morgan fingerprint density at radius 3 is 2.50 bits per heavy atom. The van der Waals surface area contributed by atoms with Crippen LogP contribution in [0.2, 0.25) is 0 Å². The predicted molar refractivity (Wildman–Crippen MR) is 163 cm³/mol. The second-order valence-electron chi connectivity index (χ2n) is 10.4. The molecule has 1 unspecified atom stereocenters. The topological polar surface area (TPSA) is 84.6 Å². The maximum absolute atomic E-state index is 15.0. The Morgan fingerprint density at radius 2 is 1.82 bits per heavy atom. The highest BCUT2D eigenvalue weighted by Crippen LogP contribution is 2.34. The summed E-state index contributed by atoms with van der Waals surface area (Å²) < 4.78 is 57.5. The molecule has 1 aliphatic rings. The van der Waals surface area contributed by atoms with Crippen LogP contribution in [0.1, 0.15) is 42.6 Å². The van der Waals surface area contributed by atoms with E-state index >= 15 is 4.39 Å². The summed E-state index contributed by atoms with van der Waals surface area (Å²) in [6.45, 7) is 6.83. The standard InChI is InChI=1S/C31H30F4N6O2S/c1-19(2)27-20(3)5-4-6-26(27)40-15-16-44-30(40)38-29(42)36-17-25(32)21-7-9-22(10-8-21)28-37-18-41(39-28)23-11-13-24(14-12-23)43-31(33,34)35/h4-14,18-19,25H,15-17H2,1-3H3,(H,36,42). The second-order valence-corrected chi connectivity index (χ2v) is 11.4. The first-order valence-corrected chi connectivity index (χ1v) is 14.9. The first-order valence-electron chi connectivity index (χ1n) is 13.9. The molecule has 0 saturated carbocycles. The van der Waals surface area contributed by atoms with Gasteiger partial charge in [0.15, 0.2) is 11.0 Å². The summed E-state index contributed by atoms with van der Waals surface area (Å²) in [7, 11) is 0. The number of urea groups is 1. The Hall–Kier alpha value is -4.39. The molecule has 0 spiro atoms. The number of thioether (sulfide) groups is 1. The van der Waals surface area contributed by atoms with Crippen molar-refractivity contribution in [1.82, 2.24) is 20.1 Å². The summed E-state index contributed by atoms with van der Waals surface area (Å²) >= 11 is 1.49. The Labute approximate surface area is 256 Å². The number of aryl methyl sites for hydroxylation is 1. The van der Waals surface area contributed by atoms with Gasteiger partial charge in [0, 0.05) is 23.5 Å². The van der Waals surface area contributed by atoms with Crippen molar-refractivity contribution < 1.29 is 27.1 Å². The van der Waals surface area contributed by atoms with E-state index in [1.54, 1.807) is 24.3 Å². The zero-order valence-corrected chi connectivity index (χ0v) is 25.0. The largest absolute Gasteiger partial charge is 0.573 e. The number of amides is 2. The molecule has 1 saturated heterocycles. The van der Waals surface area contributed by atoms with E-state index in [0.29, 0.717) is 33.7 Å². The Balaban J connectivity index is 1.19. The van der Waals surface area contributed by atoms with Crippen molar-refractivity contribution >= 4 is 28.6 Å². The van der Waals surface area contributed by atoms with E-state index in [0.717, 1.165) is 18.0 Å². The summed E-state index contributed by atoms with van der Waals surface area (Å²) in [4.78, 5) is 23.2. The average molecular weight is 627 g/mol. The number of carbonyl (C=O) groups excluding carboxylic acids is 1. The number of halogens is 4. The van der Waals surface area contributed by atoms with Crippen LogP contribution < -0.4 is 15.0 Å². The van der Waals surface area contributed by atoms with Gasteiger partial charge in [0.1, 0.15) is 18.2 Å². The van der Waals surface area contributed by atoms with Gasteiger partial charge in [-0.2, -0.15) is 4.99 Å². The lowest BCUT2D eigenvalue weighted by Gasteiger charge is -2.24. The van der Waals surface area contributed by atoms with E-state index < -0.39 is 18.6 Å². The van der Waals surface area contributed by atoms with Crippen LogP contribution in [0, 0.1) is 6.92 Å². The van der Waals surface area contributed by atoms with E-state index in [4.69, 9.17) is 0 Å². The summed E-state index contributed by atoms with van der Waals surface area (Å²) in [5, 5.41) is 7.52. The van der Waals surface area contributed by atoms with Gasteiger partial charge in [-0.3, -0.25) is 0 Å². The second kappa shape index (κ2) is 13.1. The van der Waals surface area contributed by atoms with Gasteiger partial charge in [-0.15, -0.1) is 18.3 Å². The zero-order valence-electron chi connectivity index (χ0n) is 24.2. The lowest BCUT2D eigenvalue weighted by atomic mass is 9.95. The smallest absolute Gasteiger partial charge is 0.406 e. The molecule has 13 heteroatoms. The minimum atomic E-state index is -4.77. The van der Waals surface area contributed by atoms with Crippen molar-refractivity contribution in [3.63, 3.8) is 0 Å². The predicted octanol–water partition coefficient (Wildman–Crippen LogP) is 7.59. The molecule has 3 aromatic carbocycles. The molecular weight excluding hydrogens is 596 g/mol. The number of aromatic nitrogens is 3. The van der Waals surface area contributed by atoms with E-state index in [1.165, 1.54) is 58.2 Å². The number of amidine groups is 1. The molecule has 0 bridgehead atoms. The fourth-order valence-corrected chi connectivity index (χ4v) is 5.90. The van der Waals surface area contributed by atoms with Gasteiger partial charge in [0.2, 0.25) is 0 Å². The van der Waals surface area contributed by atoms with E-state index in [9.17, 15) is 18.0 Å². The number of benzene rings is 3. The third-order valence-electron chi connectivity index (χ3n) is 6.93. The van der Waals surface area contributed by atoms with Gasteiger partial charge < -0.3 is 15.0 Å². The quantitative estimate of drug-likeness (QED) is 0.203. The molecule has 2 amide bonds. The lowest BCUT2D eigenvalue weighted by Crippen LogP contribution is -2.30. The highest BCUT2D eigenvalue weighted by atomic mass is 32.2. The lowest BCUT2D eigenvalue weighted by molar-refractivity contribution is -0.274. The van der Waals surface area contributed by atoms with Crippen molar-refractivity contribution in [3.05, 3.63) is 89.7 Å². The minimum absolute atomic E-state index is 0.248. The molecule has 8 nitrogen and oxygen atoms in total. The number of ether oxygens (including phenoxy) is 1. The molecule has 1 atom stereocenters. The number of rotatable bonds is 8. The fraction of sp³-hybridized carbons (Fsp3) is 0.290. The van der Waals surface area contributed by atoms with Crippen LogP contribution in [0.4, 0.5) is 28.0 Å². The molecular formula is C31H30F4N6O2S. The molecule has 0 radical (unpaired) electrons. The molecule has 44 heavy (non-hydrogen) atoms. The number of hydrogen-bond acceptors (Lipinski definition) is 5. The van der Waals surface area contributed by atoms with Crippen molar-refractivity contribution in [2.45, 2.75) is 39.2 Å². The third-order valence-corrected chi connectivity index (χ3v) is 7.89. The molecule has 1 fully saturated rings. The number of carbonyl (C=O) groups is 1. The van der Waals surface area contributed by atoms with Crippen LogP contribution in [0.15, 0.2) is 78.0 Å². The van der Waals surface area contributed by atoms with Crippen molar-refractivity contribution in [3.8, 4) is 22.8 Å². The van der Waals surface area contributed by atoms with E-state index in [2.05, 4.69) is 52.0 Å². The van der Waals surface area contributed by atoms with Gasteiger partial charge in [0.05, 0.1) is 12.2 Å². The number of hydrogen-bond donors (Lipinski definition) is 1. The summed E-state index contributed by atoms with van der Waals surface area (Å²) in [6, 6.07) is 17.2. The number of nitrogens with one attached hydrogen (secondary N) is 1. The molecule has 1 aromatic heterocycles. The van der Waals surface area contributed by atoms with Crippen molar-refractivity contribution in [1.29, 1.82) is 0 Å². The van der Waals surface area contributed by atoms with Crippen molar-refractivity contribution in [2.24, 2.45) is 4.99 Å². The van der Waals surface area contributed by atoms with Crippen LogP contribution in [0.25, 0.3) is 17.1 Å². The number of anilines is 1. The molecule has 1 aliphatic heterocycles. The average Bonchev–Trinajstić information content (AvgIpc) is 3.66. The van der Waals surface area contributed by atoms with Gasteiger partial charge in [-0.05, 0) is 59.9 Å². The van der Waals surface area contributed by atoms with Crippen LogP contribution >= 0.6 is 11.8 Å². The van der Waals surface area contributed by atoms with E-state index in [1.807, 2.05) is 17.0 Å². The van der Waals surface area contributed by atoms with Gasteiger partial charge in [0.25, 0.3) is 0 Å². The molecule has 5 rings (SSSR count). The van der Waals surface area contributed by atoms with Gasteiger partial charge >= 0.3 is 12.4 Å². The molecule has 2 heterocycles. The Morgan fingerprint density at radius 1 is 1.09 bits per heavy atom. The first-order chi connectivity index (χ1) is 21.0. The SMILES string of the molecule is Cc1cccc(N2CCSC2=NC(=O)NCC(F)c2ccc(-c3ncn(-c4ccc(OC(F)(F)F)cc4)n3)cc2)c1C(C)C. The number of alkyl halides is 4. The highest BCUT2D eigenvalue weighted by Gasteiger charge is 2.31. The fourth-order valence-electron chi connectivity index (χ4n) is 4.95. The number of aliphatic imine (C=N–C) groups is 1. The maximum atomic E-state index is 15.0. The number of nitrogens with zero attached hydrogens (tertiary/aromatic N) is 5.